The van der Waals surface area contributed by atoms with Crippen LogP contribution in [0.5, 0.6) is 0 Å². The van der Waals surface area contributed by atoms with Crippen LogP contribution in [0.3, 0.4) is 0 Å². The maximum atomic E-state index is 12.7. The van der Waals surface area contributed by atoms with E-state index in [1.54, 1.807) is 0 Å². The zero-order valence-electron chi connectivity index (χ0n) is 7.46. The van der Waals surface area contributed by atoms with Crippen LogP contribution in [-0.4, -0.2) is 16.1 Å². The number of carbonyl (C=O) groups is 1. The molecule has 3 nitrogen and oxygen atoms in total. The molecule has 1 rings (SSSR count). The molecule has 6 heteroatoms. The average molecular weight is 221 g/mol. The normalized spacial score (nSPS) is 11.6. The number of alkyl halides is 2. The minimum absolute atomic E-state index is 0.0811. The van der Waals surface area contributed by atoms with Crippen LogP contribution < -0.4 is 0 Å². The third-order valence-corrected chi connectivity index (χ3v) is 2.46. The quantitative estimate of drug-likeness (QED) is 0.848. The van der Waals surface area contributed by atoms with E-state index in [0.29, 0.717) is 5.01 Å². The second kappa shape index (κ2) is 4.00. The Morgan fingerprint density at radius 3 is 2.79 bits per heavy atom. The van der Waals surface area contributed by atoms with Gasteiger partial charge in [0, 0.05) is 18.7 Å². The molecule has 0 spiro atoms. The van der Waals surface area contributed by atoms with Gasteiger partial charge in [-0.05, 0) is 0 Å². The number of halogens is 2. The number of rotatable bonds is 4. The highest BCUT2D eigenvalue weighted by Crippen LogP contribution is 2.28. The van der Waals surface area contributed by atoms with Crippen molar-refractivity contribution in [3.05, 3.63) is 16.1 Å². The Hall–Kier alpha value is -1.04. The summed E-state index contributed by atoms with van der Waals surface area (Å²) in [6, 6.07) is 0. The van der Waals surface area contributed by atoms with E-state index in [1.807, 2.05) is 0 Å². The van der Waals surface area contributed by atoms with Crippen LogP contribution in [0.25, 0.3) is 0 Å². The van der Waals surface area contributed by atoms with Crippen LogP contribution in [-0.2, 0) is 17.1 Å². The largest absolute Gasteiger partial charge is 0.481 e. The van der Waals surface area contributed by atoms with Gasteiger partial charge in [0.1, 0.15) is 5.69 Å². The van der Waals surface area contributed by atoms with Gasteiger partial charge in [0.05, 0.1) is 11.4 Å². The van der Waals surface area contributed by atoms with E-state index < -0.39 is 11.9 Å². The molecule has 0 atom stereocenters. The van der Waals surface area contributed by atoms with Crippen LogP contribution >= 0.6 is 11.3 Å². The van der Waals surface area contributed by atoms with Crippen molar-refractivity contribution in [1.82, 2.24) is 4.98 Å². The van der Waals surface area contributed by atoms with Gasteiger partial charge < -0.3 is 5.11 Å². The summed E-state index contributed by atoms with van der Waals surface area (Å²) in [5, 5.41) is 10.1. The number of carboxylic acids is 1. The van der Waals surface area contributed by atoms with Crippen molar-refractivity contribution in [2.24, 2.45) is 0 Å². The molecular formula is C8H9F2NO2S. The molecule has 1 aromatic rings. The molecule has 0 fully saturated rings. The predicted octanol–water partition coefficient (Wildman–Crippen LogP) is 2.27. The summed E-state index contributed by atoms with van der Waals surface area (Å²) in [6.45, 7) is 0.767. The zero-order chi connectivity index (χ0) is 10.8. The SMILES string of the molecule is CC(F)(F)c1csc(CCC(=O)O)n1. The van der Waals surface area contributed by atoms with Gasteiger partial charge in [0.2, 0.25) is 0 Å². The van der Waals surface area contributed by atoms with Crippen molar-refractivity contribution in [3.63, 3.8) is 0 Å². The molecule has 1 N–H and O–H groups in total. The molecule has 78 valence electrons. The Morgan fingerprint density at radius 1 is 1.71 bits per heavy atom. The lowest BCUT2D eigenvalue weighted by Gasteiger charge is -2.04. The van der Waals surface area contributed by atoms with Crippen molar-refractivity contribution < 1.29 is 18.7 Å². The molecule has 0 saturated carbocycles. The van der Waals surface area contributed by atoms with Crippen LogP contribution in [0.15, 0.2) is 5.38 Å². The highest BCUT2D eigenvalue weighted by atomic mass is 32.1. The number of thiazole rings is 1. The van der Waals surface area contributed by atoms with E-state index in [1.165, 1.54) is 5.38 Å². The summed E-state index contributed by atoms with van der Waals surface area (Å²) in [4.78, 5) is 13.9. The second-order valence-electron chi connectivity index (χ2n) is 2.91. The van der Waals surface area contributed by atoms with E-state index in [4.69, 9.17) is 5.11 Å². The summed E-state index contributed by atoms with van der Waals surface area (Å²) >= 11 is 1.06. The lowest BCUT2D eigenvalue weighted by molar-refractivity contribution is -0.136. The third-order valence-electron chi connectivity index (χ3n) is 1.55. The summed E-state index contributed by atoms with van der Waals surface area (Å²) in [5.74, 6) is -3.90. The van der Waals surface area contributed by atoms with Crippen LogP contribution in [0.1, 0.15) is 24.0 Å². The first-order valence-corrected chi connectivity index (χ1v) is 4.82. The molecule has 0 aliphatic rings. The Morgan fingerprint density at radius 2 is 2.36 bits per heavy atom. The van der Waals surface area contributed by atoms with Gasteiger partial charge in [0.25, 0.3) is 5.92 Å². The smallest absolute Gasteiger partial charge is 0.303 e. The molecule has 0 unspecified atom stereocenters. The van der Waals surface area contributed by atoms with Gasteiger partial charge in [-0.1, -0.05) is 0 Å². The second-order valence-corrected chi connectivity index (χ2v) is 3.85. The van der Waals surface area contributed by atoms with Gasteiger partial charge in [-0.3, -0.25) is 4.79 Å². The number of aromatic nitrogens is 1. The molecule has 1 heterocycles. The highest BCUT2D eigenvalue weighted by molar-refractivity contribution is 7.09. The number of carboxylic acid groups (broad SMARTS) is 1. The number of aliphatic carboxylic acids is 1. The molecule has 0 aliphatic carbocycles. The first-order chi connectivity index (χ1) is 6.39. The van der Waals surface area contributed by atoms with E-state index in [-0.39, 0.29) is 18.5 Å². The number of hydrogen-bond acceptors (Lipinski definition) is 3. The van der Waals surface area contributed by atoms with E-state index in [2.05, 4.69) is 4.98 Å². The first kappa shape index (κ1) is 11.0. The van der Waals surface area contributed by atoms with Crippen LogP contribution in [0.4, 0.5) is 8.78 Å². The van der Waals surface area contributed by atoms with Crippen molar-refractivity contribution >= 4 is 17.3 Å². The van der Waals surface area contributed by atoms with Gasteiger partial charge >= 0.3 is 5.97 Å². The molecule has 14 heavy (non-hydrogen) atoms. The summed E-state index contributed by atoms with van der Waals surface area (Å²) in [7, 11) is 0. The fourth-order valence-corrected chi connectivity index (χ4v) is 1.72. The minimum atomic E-state index is -2.95. The van der Waals surface area contributed by atoms with Gasteiger partial charge in [-0.2, -0.15) is 8.78 Å². The summed E-state index contributed by atoms with van der Waals surface area (Å²) in [6.07, 6.45) is 0.123. The maximum absolute atomic E-state index is 12.7. The summed E-state index contributed by atoms with van der Waals surface area (Å²) < 4.78 is 25.4. The Kier molecular flexibility index (Phi) is 3.15. The Balaban J connectivity index is 2.64. The fraction of sp³-hybridized carbons (Fsp3) is 0.500. The van der Waals surface area contributed by atoms with Gasteiger partial charge in [-0.15, -0.1) is 11.3 Å². The molecule has 0 bridgehead atoms. The Labute approximate surface area is 83.4 Å². The number of hydrogen-bond donors (Lipinski definition) is 1. The lowest BCUT2D eigenvalue weighted by atomic mass is 10.3. The van der Waals surface area contributed by atoms with E-state index in [0.717, 1.165) is 18.3 Å². The van der Waals surface area contributed by atoms with Gasteiger partial charge in [-0.25, -0.2) is 4.98 Å². The van der Waals surface area contributed by atoms with Crippen LogP contribution in [0.2, 0.25) is 0 Å². The minimum Gasteiger partial charge on any atom is -0.481 e. The first-order valence-electron chi connectivity index (χ1n) is 3.94. The molecule has 0 saturated heterocycles. The molecule has 0 aliphatic heterocycles. The standard InChI is InChI=1S/C8H9F2NO2S/c1-8(9,10)5-4-14-6(11-5)2-3-7(12)13/h4H,2-3H2,1H3,(H,12,13). The molecule has 0 radical (unpaired) electrons. The lowest BCUT2D eigenvalue weighted by Crippen LogP contribution is -2.07. The van der Waals surface area contributed by atoms with E-state index in [9.17, 15) is 13.6 Å². The topological polar surface area (TPSA) is 50.2 Å². The molecule has 0 aromatic carbocycles. The fourth-order valence-electron chi connectivity index (χ4n) is 0.841. The summed E-state index contributed by atoms with van der Waals surface area (Å²) in [5.41, 5.74) is -0.289. The van der Waals surface area contributed by atoms with Crippen molar-refractivity contribution in [3.8, 4) is 0 Å². The average Bonchev–Trinajstić information content (AvgIpc) is 2.47. The molecule has 0 amide bonds. The molecular weight excluding hydrogens is 212 g/mol. The Bertz CT molecular complexity index is 332. The number of nitrogens with zero attached hydrogens (tertiary/aromatic N) is 1. The zero-order valence-corrected chi connectivity index (χ0v) is 8.27. The molecule has 1 aromatic heterocycles. The van der Waals surface area contributed by atoms with Crippen molar-refractivity contribution in [1.29, 1.82) is 0 Å². The van der Waals surface area contributed by atoms with E-state index >= 15 is 0 Å². The van der Waals surface area contributed by atoms with Gasteiger partial charge in [0.15, 0.2) is 0 Å². The predicted molar refractivity (Wildman–Crippen MR) is 47.6 cm³/mol. The van der Waals surface area contributed by atoms with Crippen molar-refractivity contribution in [2.45, 2.75) is 25.7 Å². The highest BCUT2D eigenvalue weighted by Gasteiger charge is 2.27. The maximum Gasteiger partial charge on any atom is 0.303 e. The number of aryl methyl sites for hydroxylation is 1. The van der Waals surface area contributed by atoms with Crippen LogP contribution in [0, 0.1) is 0 Å². The third kappa shape index (κ3) is 3.02. The van der Waals surface area contributed by atoms with Crippen molar-refractivity contribution in [2.75, 3.05) is 0 Å². The monoisotopic (exact) mass is 221 g/mol.